The van der Waals surface area contributed by atoms with Crippen molar-refractivity contribution >= 4 is 28.4 Å². The number of H-pyrrole nitrogens is 1. The summed E-state index contributed by atoms with van der Waals surface area (Å²) in [6.45, 7) is 0. The first-order chi connectivity index (χ1) is 10.7. The number of nitroso groups, excluding NO2 is 1. The number of hydrogen-bond acceptors (Lipinski definition) is 4. The molecular formula is C16H13N3O3. The number of anilines is 1. The fourth-order valence-electron chi connectivity index (χ4n) is 2.32. The van der Waals surface area contributed by atoms with E-state index in [4.69, 9.17) is 0 Å². The second-order valence-corrected chi connectivity index (χ2v) is 4.68. The Balaban J connectivity index is 2.00. The van der Waals surface area contributed by atoms with Gasteiger partial charge in [-0.2, -0.15) is 0 Å². The van der Waals surface area contributed by atoms with Crippen LogP contribution in [0.25, 0.3) is 22.2 Å². The van der Waals surface area contributed by atoms with Crippen LogP contribution in [0, 0.1) is 4.91 Å². The van der Waals surface area contributed by atoms with E-state index in [0.29, 0.717) is 17.1 Å². The van der Waals surface area contributed by atoms with Crippen molar-refractivity contribution < 1.29 is 9.53 Å². The molecule has 0 saturated carbocycles. The highest BCUT2D eigenvalue weighted by Crippen LogP contribution is 2.37. The number of aromatic nitrogens is 1. The zero-order chi connectivity index (χ0) is 15.5. The van der Waals surface area contributed by atoms with Crippen LogP contribution in [0.15, 0.2) is 53.7 Å². The molecule has 0 fully saturated rings. The number of ether oxygens (including phenoxy) is 1. The molecule has 1 heterocycles. The maximum atomic E-state index is 11.2. The first-order valence-electron chi connectivity index (χ1n) is 6.62. The van der Waals surface area contributed by atoms with E-state index in [-0.39, 0.29) is 0 Å². The topological polar surface area (TPSA) is 83.5 Å². The predicted molar refractivity (Wildman–Crippen MR) is 85.2 cm³/mol. The van der Waals surface area contributed by atoms with Crippen molar-refractivity contribution in [2.24, 2.45) is 5.18 Å². The van der Waals surface area contributed by atoms with Crippen molar-refractivity contribution in [1.29, 1.82) is 0 Å². The van der Waals surface area contributed by atoms with Crippen LogP contribution in [0.1, 0.15) is 0 Å². The van der Waals surface area contributed by atoms with E-state index in [1.54, 1.807) is 24.3 Å². The standard InChI is InChI=1S/C16H13N3O3/c1-22-16(20)17-11-8-6-10(7-9-11)14-15(19-21)12-4-2-3-5-13(12)18-14/h2-9,18H,1H3,(H,17,20). The van der Waals surface area contributed by atoms with Gasteiger partial charge >= 0.3 is 6.09 Å². The van der Waals surface area contributed by atoms with Crippen LogP contribution in [-0.2, 0) is 4.74 Å². The van der Waals surface area contributed by atoms with Gasteiger partial charge in [-0.1, -0.05) is 30.3 Å². The number of amides is 1. The summed E-state index contributed by atoms with van der Waals surface area (Å²) in [7, 11) is 1.30. The summed E-state index contributed by atoms with van der Waals surface area (Å²) in [5.41, 5.74) is 3.29. The fourth-order valence-corrected chi connectivity index (χ4v) is 2.32. The maximum Gasteiger partial charge on any atom is 0.411 e. The van der Waals surface area contributed by atoms with Crippen molar-refractivity contribution in [1.82, 2.24) is 4.98 Å². The molecule has 22 heavy (non-hydrogen) atoms. The molecule has 0 aliphatic heterocycles. The predicted octanol–water partition coefficient (Wildman–Crippen LogP) is 4.41. The summed E-state index contributed by atoms with van der Waals surface area (Å²) in [6.07, 6.45) is -0.534. The lowest BCUT2D eigenvalue weighted by molar-refractivity contribution is 0.187. The lowest BCUT2D eigenvalue weighted by Crippen LogP contribution is -2.10. The summed E-state index contributed by atoms with van der Waals surface area (Å²) in [4.78, 5) is 25.5. The van der Waals surface area contributed by atoms with Crippen molar-refractivity contribution in [3.63, 3.8) is 0 Å². The molecule has 6 heteroatoms. The van der Waals surface area contributed by atoms with Crippen LogP contribution in [0.3, 0.4) is 0 Å². The number of methoxy groups -OCH3 is 1. The van der Waals surface area contributed by atoms with Crippen LogP contribution in [0.5, 0.6) is 0 Å². The van der Waals surface area contributed by atoms with Gasteiger partial charge in [-0.3, -0.25) is 5.32 Å². The van der Waals surface area contributed by atoms with E-state index in [0.717, 1.165) is 16.5 Å². The molecular weight excluding hydrogens is 282 g/mol. The van der Waals surface area contributed by atoms with E-state index in [9.17, 15) is 9.70 Å². The third kappa shape index (κ3) is 2.42. The number of fused-ring (bicyclic) bond motifs is 1. The summed E-state index contributed by atoms with van der Waals surface area (Å²) in [5.74, 6) is 0. The molecule has 2 aromatic carbocycles. The first-order valence-corrected chi connectivity index (χ1v) is 6.62. The smallest absolute Gasteiger partial charge is 0.411 e. The third-order valence-electron chi connectivity index (χ3n) is 3.38. The highest BCUT2D eigenvalue weighted by molar-refractivity contribution is 5.99. The fraction of sp³-hybridized carbons (Fsp3) is 0.0625. The average Bonchev–Trinajstić information content (AvgIpc) is 2.94. The number of para-hydroxylation sites is 1. The summed E-state index contributed by atoms with van der Waals surface area (Å²) in [5, 5.41) is 6.50. The third-order valence-corrected chi connectivity index (χ3v) is 3.38. The summed E-state index contributed by atoms with van der Waals surface area (Å²) < 4.78 is 4.53. The van der Waals surface area contributed by atoms with Crippen LogP contribution < -0.4 is 5.32 Å². The number of carbonyl (C=O) groups excluding carboxylic acids is 1. The molecule has 1 amide bonds. The Morgan fingerprint density at radius 3 is 2.55 bits per heavy atom. The quantitative estimate of drug-likeness (QED) is 0.702. The summed E-state index contributed by atoms with van der Waals surface area (Å²) >= 11 is 0. The van der Waals surface area contributed by atoms with Crippen LogP contribution in [-0.4, -0.2) is 18.2 Å². The molecule has 0 aliphatic carbocycles. The van der Waals surface area contributed by atoms with E-state index in [1.807, 2.05) is 24.3 Å². The van der Waals surface area contributed by atoms with Gasteiger partial charge in [0.05, 0.1) is 12.8 Å². The molecule has 0 aliphatic rings. The molecule has 0 bridgehead atoms. The normalized spacial score (nSPS) is 10.4. The van der Waals surface area contributed by atoms with E-state index >= 15 is 0 Å². The number of nitrogens with zero attached hydrogens (tertiary/aromatic N) is 1. The Morgan fingerprint density at radius 1 is 1.14 bits per heavy atom. The Labute approximate surface area is 126 Å². The van der Waals surface area contributed by atoms with Crippen LogP contribution in [0.2, 0.25) is 0 Å². The molecule has 0 radical (unpaired) electrons. The second-order valence-electron chi connectivity index (χ2n) is 4.68. The number of aromatic amines is 1. The maximum absolute atomic E-state index is 11.2. The lowest BCUT2D eigenvalue weighted by atomic mass is 10.1. The van der Waals surface area contributed by atoms with Crippen molar-refractivity contribution in [2.75, 3.05) is 12.4 Å². The highest BCUT2D eigenvalue weighted by Gasteiger charge is 2.13. The van der Waals surface area contributed by atoms with E-state index < -0.39 is 6.09 Å². The van der Waals surface area contributed by atoms with Gasteiger partial charge in [0, 0.05) is 22.2 Å². The molecule has 1 aromatic heterocycles. The molecule has 0 spiro atoms. The number of carbonyl (C=O) groups is 1. The molecule has 2 N–H and O–H groups in total. The monoisotopic (exact) mass is 295 g/mol. The molecule has 3 rings (SSSR count). The van der Waals surface area contributed by atoms with Gasteiger partial charge in [0.15, 0.2) is 0 Å². The SMILES string of the molecule is COC(=O)Nc1ccc(-c2[nH]c3ccccc3c2N=O)cc1. The number of benzene rings is 2. The molecule has 0 saturated heterocycles. The van der Waals surface area contributed by atoms with Gasteiger partial charge < -0.3 is 9.72 Å². The molecule has 3 aromatic rings. The van der Waals surface area contributed by atoms with Gasteiger partial charge in [0.1, 0.15) is 5.69 Å². The Morgan fingerprint density at radius 2 is 1.86 bits per heavy atom. The Bertz CT molecular complexity index is 837. The van der Waals surface area contributed by atoms with Crippen molar-refractivity contribution in [3.8, 4) is 11.3 Å². The Hall–Kier alpha value is -3.15. The molecule has 0 unspecified atom stereocenters. The van der Waals surface area contributed by atoms with Crippen LogP contribution in [0.4, 0.5) is 16.2 Å². The molecule has 110 valence electrons. The zero-order valence-electron chi connectivity index (χ0n) is 11.8. The molecule has 0 atom stereocenters. The highest BCUT2D eigenvalue weighted by atomic mass is 16.5. The van der Waals surface area contributed by atoms with Crippen molar-refractivity contribution in [2.45, 2.75) is 0 Å². The van der Waals surface area contributed by atoms with Gasteiger partial charge in [-0.05, 0) is 23.4 Å². The van der Waals surface area contributed by atoms with Gasteiger partial charge in [0.25, 0.3) is 0 Å². The average molecular weight is 295 g/mol. The lowest BCUT2D eigenvalue weighted by Gasteiger charge is -2.05. The van der Waals surface area contributed by atoms with Crippen LogP contribution >= 0.6 is 0 Å². The van der Waals surface area contributed by atoms with E-state index in [2.05, 4.69) is 20.2 Å². The Kier molecular flexibility index (Phi) is 3.57. The number of hydrogen-bond donors (Lipinski definition) is 2. The van der Waals surface area contributed by atoms with Gasteiger partial charge in [-0.25, -0.2) is 4.79 Å². The number of nitrogens with one attached hydrogen (secondary N) is 2. The van der Waals surface area contributed by atoms with Crippen molar-refractivity contribution in [3.05, 3.63) is 53.4 Å². The van der Waals surface area contributed by atoms with Gasteiger partial charge in [0.2, 0.25) is 0 Å². The minimum absolute atomic E-state index is 0.379. The zero-order valence-corrected chi connectivity index (χ0v) is 11.8. The van der Waals surface area contributed by atoms with Gasteiger partial charge in [-0.15, -0.1) is 4.91 Å². The minimum atomic E-state index is -0.534. The largest absolute Gasteiger partial charge is 0.453 e. The first kappa shape index (κ1) is 13.8. The second kappa shape index (κ2) is 5.69. The minimum Gasteiger partial charge on any atom is -0.453 e. The molecule has 6 nitrogen and oxygen atoms in total. The summed E-state index contributed by atoms with van der Waals surface area (Å²) in [6, 6.07) is 14.5. The number of rotatable bonds is 3. The van der Waals surface area contributed by atoms with E-state index in [1.165, 1.54) is 7.11 Å².